The Hall–Kier alpha value is -2.54. The molecule has 1 atom stereocenters. The molecule has 7 heteroatoms. The van der Waals surface area contributed by atoms with Gasteiger partial charge in [-0.2, -0.15) is 0 Å². The summed E-state index contributed by atoms with van der Waals surface area (Å²) >= 11 is 0. The van der Waals surface area contributed by atoms with Gasteiger partial charge in [-0.3, -0.25) is 4.98 Å². The van der Waals surface area contributed by atoms with Gasteiger partial charge in [0.05, 0.1) is 6.54 Å². The van der Waals surface area contributed by atoms with Crippen LogP contribution in [0.5, 0.6) is 0 Å². The summed E-state index contributed by atoms with van der Waals surface area (Å²) in [6, 6.07) is 5.33. The Morgan fingerprint density at radius 3 is 2.59 bits per heavy atom. The topological polar surface area (TPSA) is 108 Å². The number of aliphatic carboxylic acids is 1. The van der Waals surface area contributed by atoms with Crippen molar-refractivity contribution < 1.29 is 15.0 Å². The number of carboxylic acids is 1. The molecule has 2 rings (SSSR count). The Morgan fingerprint density at radius 2 is 2.00 bits per heavy atom. The lowest BCUT2D eigenvalue weighted by molar-refractivity contribution is -0.155. The lowest BCUT2D eigenvalue weighted by atomic mass is 10.1. The van der Waals surface area contributed by atoms with Gasteiger partial charge in [-0.1, -0.05) is 6.92 Å². The van der Waals surface area contributed by atoms with E-state index in [1.807, 2.05) is 6.92 Å². The molecule has 1 unspecified atom stereocenters. The summed E-state index contributed by atoms with van der Waals surface area (Å²) < 4.78 is 0. The zero-order valence-electron chi connectivity index (χ0n) is 12.4. The highest BCUT2D eigenvalue weighted by atomic mass is 16.4. The molecule has 0 aliphatic rings. The average molecular weight is 302 g/mol. The van der Waals surface area contributed by atoms with Crippen LogP contribution >= 0.6 is 0 Å². The van der Waals surface area contributed by atoms with E-state index in [0.29, 0.717) is 18.1 Å². The van der Waals surface area contributed by atoms with Gasteiger partial charge in [0.15, 0.2) is 11.4 Å². The molecule has 2 aromatic rings. The van der Waals surface area contributed by atoms with Crippen molar-refractivity contribution in [2.45, 2.75) is 25.9 Å². The van der Waals surface area contributed by atoms with Crippen molar-refractivity contribution in [2.75, 3.05) is 11.9 Å². The molecular weight excluding hydrogens is 284 g/mol. The fourth-order valence-electron chi connectivity index (χ4n) is 1.74. The summed E-state index contributed by atoms with van der Waals surface area (Å²) in [5.41, 5.74) is -0.230. The molecule has 0 fully saturated rings. The highest BCUT2D eigenvalue weighted by molar-refractivity contribution is 5.77. The Morgan fingerprint density at radius 1 is 1.32 bits per heavy atom. The van der Waals surface area contributed by atoms with Crippen molar-refractivity contribution in [3.63, 3.8) is 0 Å². The largest absolute Gasteiger partial charge is 0.479 e. The summed E-state index contributed by atoms with van der Waals surface area (Å²) in [5, 5.41) is 21.5. The molecule has 0 bridgehead atoms. The molecule has 116 valence electrons. The normalized spacial score (nSPS) is 13.4. The van der Waals surface area contributed by atoms with Gasteiger partial charge in [0.25, 0.3) is 0 Å². The number of aromatic nitrogens is 3. The first kappa shape index (κ1) is 15.8. The third kappa shape index (κ3) is 3.76. The summed E-state index contributed by atoms with van der Waals surface area (Å²) in [5.74, 6) is -0.293. The fraction of sp³-hybridized carbons (Fsp3) is 0.333. The van der Waals surface area contributed by atoms with Gasteiger partial charge in [-0.05, 0) is 25.5 Å². The number of carbonyl (C=O) groups is 1. The van der Waals surface area contributed by atoms with E-state index in [9.17, 15) is 9.90 Å². The number of hydrogen-bond acceptors (Lipinski definition) is 6. The molecule has 2 aromatic heterocycles. The van der Waals surface area contributed by atoms with Crippen LogP contribution in [0, 0.1) is 0 Å². The second-order valence-electron chi connectivity index (χ2n) is 5.09. The molecule has 22 heavy (non-hydrogen) atoms. The van der Waals surface area contributed by atoms with Gasteiger partial charge < -0.3 is 15.5 Å². The van der Waals surface area contributed by atoms with E-state index < -0.39 is 11.6 Å². The van der Waals surface area contributed by atoms with Crippen LogP contribution < -0.4 is 5.32 Å². The number of carboxylic acid groups (broad SMARTS) is 1. The average Bonchev–Trinajstić information content (AvgIpc) is 2.53. The minimum absolute atomic E-state index is 0.154. The van der Waals surface area contributed by atoms with Crippen LogP contribution in [0.4, 0.5) is 5.82 Å². The number of pyridine rings is 1. The number of aliphatic hydroxyl groups is 1. The molecule has 0 aliphatic heterocycles. The lowest BCUT2D eigenvalue weighted by Gasteiger charge is -2.19. The first-order valence-corrected chi connectivity index (χ1v) is 6.90. The molecule has 3 N–H and O–H groups in total. The van der Waals surface area contributed by atoms with Gasteiger partial charge >= 0.3 is 5.97 Å². The molecule has 0 saturated heterocycles. The molecule has 0 amide bonds. The van der Waals surface area contributed by atoms with E-state index in [-0.39, 0.29) is 6.54 Å². The van der Waals surface area contributed by atoms with Gasteiger partial charge in [-0.15, -0.1) is 0 Å². The second kappa shape index (κ2) is 6.48. The van der Waals surface area contributed by atoms with E-state index in [2.05, 4.69) is 20.3 Å². The van der Waals surface area contributed by atoms with Gasteiger partial charge in [0.2, 0.25) is 0 Å². The SMILES string of the molecule is CCc1cc(NCC(C)(O)C(=O)O)nc(-c2ccncc2)n1. The predicted molar refractivity (Wildman–Crippen MR) is 81.4 cm³/mol. The van der Waals surface area contributed by atoms with E-state index in [1.54, 1.807) is 30.6 Å². The zero-order valence-corrected chi connectivity index (χ0v) is 12.4. The first-order chi connectivity index (χ1) is 10.4. The van der Waals surface area contributed by atoms with E-state index in [4.69, 9.17) is 5.11 Å². The monoisotopic (exact) mass is 302 g/mol. The predicted octanol–water partition coefficient (Wildman–Crippen LogP) is 1.35. The standard InChI is InChI=1S/C15H18N4O3/c1-3-11-8-12(17-9-15(2,22)14(20)21)19-13(18-11)10-4-6-16-7-5-10/h4-8,22H,3,9H2,1-2H3,(H,20,21)(H,17,18,19). The Labute approximate surface area is 128 Å². The lowest BCUT2D eigenvalue weighted by Crippen LogP contribution is -2.42. The Balaban J connectivity index is 2.27. The second-order valence-corrected chi connectivity index (χ2v) is 5.09. The maximum atomic E-state index is 10.9. The van der Waals surface area contributed by atoms with E-state index in [1.165, 1.54) is 6.92 Å². The quantitative estimate of drug-likeness (QED) is 0.739. The van der Waals surface area contributed by atoms with Crippen molar-refractivity contribution in [3.8, 4) is 11.4 Å². The summed E-state index contributed by atoms with van der Waals surface area (Å²) in [6.45, 7) is 3.04. The number of rotatable bonds is 6. The van der Waals surface area contributed by atoms with Crippen LogP contribution in [0.25, 0.3) is 11.4 Å². The minimum atomic E-state index is -1.87. The van der Waals surface area contributed by atoms with Gasteiger partial charge in [0, 0.05) is 29.7 Å². The van der Waals surface area contributed by atoms with Crippen molar-refractivity contribution in [3.05, 3.63) is 36.3 Å². The molecular formula is C15H18N4O3. The van der Waals surface area contributed by atoms with E-state index in [0.717, 1.165) is 11.3 Å². The molecule has 0 aliphatic carbocycles. The van der Waals surface area contributed by atoms with Crippen molar-refractivity contribution >= 4 is 11.8 Å². The minimum Gasteiger partial charge on any atom is -0.479 e. The van der Waals surface area contributed by atoms with Crippen molar-refractivity contribution in [1.29, 1.82) is 0 Å². The summed E-state index contributed by atoms with van der Waals surface area (Å²) in [4.78, 5) is 23.7. The van der Waals surface area contributed by atoms with Crippen LogP contribution in [0.2, 0.25) is 0 Å². The number of anilines is 1. The van der Waals surface area contributed by atoms with Crippen LogP contribution in [0.1, 0.15) is 19.5 Å². The van der Waals surface area contributed by atoms with Crippen LogP contribution in [-0.2, 0) is 11.2 Å². The van der Waals surface area contributed by atoms with Crippen molar-refractivity contribution in [2.24, 2.45) is 0 Å². The van der Waals surface area contributed by atoms with Crippen molar-refractivity contribution in [1.82, 2.24) is 15.0 Å². The molecule has 0 saturated carbocycles. The maximum absolute atomic E-state index is 10.9. The fourth-order valence-corrected chi connectivity index (χ4v) is 1.74. The summed E-state index contributed by atoms with van der Waals surface area (Å²) in [6.07, 6.45) is 4.02. The molecule has 7 nitrogen and oxygen atoms in total. The smallest absolute Gasteiger partial charge is 0.337 e. The zero-order chi connectivity index (χ0) is 16.2. The molecule has 0 aromatic carbocycles. The van der Waals surface area contributed by atoms with Crippen LogP contribution in [0.15, 0.2) is 30.6 Å². The first-order valence-electron chi connectivity index (χ1n) is 6.90. The number of nitrogens with one attached hydrogen (secondary N) is 1. The Kier molecular flexibility index (Phi) is 4.67. The highest BCUT2D eigenvalue weighted by Crippen LogP contribution is 2.18. The highest BCUT2D eigenvalue weighted by Gasteiger charge is 2.29. The number of aryl methyl sites for hydroxylation is 1. The number of nitrogens with zero attached hydrogens (tertiary/aromatic N) is 3. The maximum Gasteiger partial charge on any atom is 0.337 e. The third-order valence-corrected chi connectivity index (χ3v) is 3.15. The summed E-state index contributed by atoms with van der Waals surface area (Å²) in [7, 11) is 0. The van der Waals surface area contributed by atoms with Crippen LogP contribution in [-0.4, -0.2) is 43.3 Å². The van der Waals surface area contributed by atoms with E-state index >= 15 is 0 Å². The molecule has 2 heterocycles. The third-order valence-electron chi connectivity index (χ3n) is 3.15. The number of hydrogen-bond donors (Lipinski definition) is 3. The molecule has 0 radical (unpaired) electrons. The van der Waals surface area contributed by atoms with Gasteiger partial charge in [-0.25, -0.2) is 14.8 Å². The van der Waals surface area contributed by atoms with Crippen LogP contribution in [0.3, 0.4) is 0 Å². The Bertz CT molecular complexity index is 659. The molecule has 0 spiro atoms. The van der Waals surface area contributed by atoms with Gasteiger partial charge in [0.1, 0.15) is 5.82 Å².